The predicted octanol–water partition coefficient (Wildman–Crippen LogP) is 3.24. The summed E-state index contributed by atoms with van der Waals surface area (Å²) in [6.45, 7) is 9.65. The van der Waals surface area contributed by atoms with Gasteiger partial charge in [-0.25, -0.2) is 0 Å². The van der Waals surface area contributed by atoms with Crippen molar-refractivity contribution >= 4 is 36.4 Å². The highest BCUT2D eigenvalue weighted by Gasteiger charge is 2.23. The van der Waals surface area contributed by atoms with E-state index in [9.17, 15) is 4.79 Å². The quantitative estimate of drug-likeness (QED) is 0.776. The summed E-state index contributed by atoms with van der Waals surface area (Å²) < 4.78 is 0. The third-order valence-electron chi connectivity index (χ3n) is 4.71. The number of carbonyl (C=O) groups excluding carboxylic acids is 1. The molecule has 1 aliphatic heterocycles. The number of hydrogen-bond donors (Lipinski definition) is 1. The highest BCUT2D eigenvalue weighted by molar-refractivity contribution is 5.85. The number of nitrogen functional groups attached to an aromatic ring is 1. The van der Waals surface area contributed by atoms with E-state index < -0.39 is 0 Å². The number of carbonyl (C=O) groups is 1. The monoisotopic (exact) mass is 375 g/mol. The van der Waals surface area contributed by atoms with Crippen LogP contribution < -0.4 is 5.73 Å². The Kier molecular flexibility index (Phi) is 11.1. The molecule has 1 saturated heterocycles. The highest BCUT2D eigenvalue weighted by Crippen LogP contribution is 2.19. The summed E-state index contributed by atoms with van der Waals surface area (Å²) in [5.74, 6) is 0.978. The lowest BCUT2D eigenvalue weighted by atomic mass is 9.95. The predicted molar refractivity (Wildman–Crippen MR) is 106 cm³/mol. The fourth-order valence-corrected chi connectivity index (χ4v) is 3.13. The molecule has 0 unspecified atom stereocenters. The Balaban J connectivity index is 0.00000264. The largest absolute Gasteiger partial charge is 0.399 e. The smallest absolute Gasteiger partial charge is 0.226 e. The van der Waals surface area contributed by atoms with Gasteiger partial charge in [0.15, 0.2) is 0 Å². The van der Waals surface area contributed by atoms with Gasteiger partial charge in [0.2, 0.25) is 5.91 Å². The van der Waals surface area contributed by atoms with E-state index in [0.717, 1.165) is 56.2 Å². The van der Waals surface area contributed by atoms with E-state index in [-0.39, 0.29) is 30.7 Å². The Morgan fingerprint density at radius 1 is 1.12 bits per heavy atom. The zero-order valence-corrected chi connectivity index (χ0v) is 16.4. The van der Waals surface area contributed by atoms with Crippen molar-refractivity contribution in [1.82, 2.24) is 9.80 Å². The fraction of sp³-hybridized carbons (Fsp3) is 0.611. The molecule has 0 radical (unpaired) electrons. The molecule has 0 bridgehead atoms. The lowest BCUT2D eigenvalue weighted by Gasteiger charge is -2.34. The first kappa shape index (κ1) is 23.0. The second-order valence-corrected chi connectivity index (χ2v) is 6.23. The van der Waals surface area contributed by atoms with Crippen LogP contribution in [0.25, 0.3) is 0 Å². The minimum Gasteiger partial charge on any atom is -0.399 e. The van der Waals surface area contributed by atoms with Gasteiger partial charge < -0.3 is 15.5 Å². The van der Waals surface area contributed by atoms with Crippen LogP contribution in [0, 0.1) is 5.92 Å². The molecule has 1 amide bonds. The maximum atomic E-state index is 12.4. The van der Waals surface area contributed by atoms with E-state index in [2.05, 4.69) is 18.7 Å². The van der Waals surface area contributed by atoms with E-state index >= 15 is 0 Å². The Morgan fingerprint density at radius 2 is 1.67 bits per heavy atom. The molecule has 0 aromatic heterocycles. The van der Waals surface area contributed by atoms with Crippen LogP contribution in [0.15, 0.2) is 24.3 Å². The Bertz CT molecular complexity index is 470. The van der Waals surface area contributed by atoms with Crippen molar-refractivity contribution in [3.05, 3.63) is 29.8 Å². The summed E-state index contributed by atoms with van der Waals surface area (Å²) in [5.41, 5.74) is 7.47. The van der Waals surface area contributed by atoms with Gasteiger partial charge in [0.05, 0.1) is 6.42 Å². The van der Waals surface area contributed by atoms with Gasteiger partial charge in [0.25, 0.3) is 0 Å². The van der Waals surface area contributed by atoms with Gasteiger partial charge >= 0.3 is 0 Å². The molecule has 0 aliphatic carbocycles. The molecule has 6 heteroatoms. The first-order valence-electron chi connectivity index (χ1n) is 8.46. The minimum atomic E-state index is 0. The third kappa shape index (κ3) is 6.88. The van der Waals surface area contributed by atoms with Crippen molar-refractivity contribution in [2.75, 3.05) is 38.5 Å². The molecule has 1 heterocycles. The molecule has 1 aliphatic rings. The second-order valence-electron chi connectivity index (χ2n) is 6.23. The lowest BCUT2D eigenvalue weighted by molar-refractivity contribution is -0.131. The van der Waals surface area contributed by atoms with Gasteiger partial charge in [-0.15, -0.1) is 24.8 Å². The molecular weight excluding hydrogens is 345 g/mol. The van der Waals surface area contributed by atoms with E-state index in [4.69, 9.17) is 5.73 Å². The number of piperidine rings is 1. The summed E-state index contributed by atoms with van der Waals surface area (Å²) in [7, 11) is 0. The topological polar surface area (TPSA) is 49.6 Å². The maximum absolute atomic E-state index is 12.4. The number of halogens is 2. The van der Waals surface area contributed by atoms with Crippen LogP contribution in [-0.2, 0) is 11.2 Å². The van der Waals surface area contributed by atoms with Crippen molar-refractivity contribution in [3.8, 4) is 0 Å². The SMILES string of the molecule is CCN(CC)CC1CCN(C(=O)Cc2ccc(N)cc2)CC1.Cl.Cl. The number of likely N-dealkylation sites (tertiary alicyclic amines) is 1. The summed E-state index contributed by atoms with van der Waals surface area (Å²) in [6, 6.07) is 7.61. The first-order valence-corrected chi connectivity index (χ1v) is 8.46. The standard InChI is InChI=1S/C18H29N3O.2ClH/c1-3-20(4-2)14-16-9-11-21(12-10-16)18(22)13-15-5-7-17(19)8-6-15;;/h5-8,16H,3-4,9-14,19H2,1-2H3;2*1H. The zero-order valence-electron chi connectivity index (χ0n) is 14.7. The molecule has 2 rings (SSSR count). The fourth-order valence-electron chi connectivity index (χ4n) is 3.13. The highest BCUT2D eigenvalue weighted by atomic mass is 35.5. The average Bonchev–Trinajstić information content (AvgIpc) is 2.55. The van der Waals surface area contributed by atoms with Gasteiger partial charge in [0, 0.05) is 25.3 Å². The average molecular weight is 376 g/mol. The van der Waals surface area contributed by atoms with Crippen molar-refractivity contribution in [1.29, 1.82) is 0 Å². The van der Waals surface area contributed by atoms with E-state index in [0.29, 0.717) is 6.42 Å². The number of hydrogen-bond acceptors (Lipinski definition) is 3. The molecule has 2 N–H and O–H groups in total. The zero-order chi connectivity index (χ0) is 15.9. The maximum Gasteiger partial charge on any atom is 0.226 e. The van der Waals surface area contributed by atoms with Gasteiger partial charge in [-0.05, 0) is 49.5 Å². The third-order valence-corrected chi connectivity index (χ3v) is 4.71. The number of nitrogens with zero attached hydrogens (tertiary/aromatic N) is 2. The summed E-state index contributed by atoms with van der Waals surface area (Å²) in [5, 5.41) is 0. The van der Waals surface area contributed by atoms with Crippen LogP contribution in [0.1, 0.15) is 32.3 Å². The Hall–Kier alpha value is -0.970. The molecule has 1 fully saturated rings. The molecule has 4 nitrogen and oxygen atoms in total. The summed E-state index contributed by atoms with van der Waals surface area (Å²) >= 11 is 0. The van der Waals surface area contributed by atoms with Crippen LogP contribution >= 0.6 is 24.8 Å². The van der Waals surface area contributed by atoms with Gasteiger partial charge in [-0.2, -0.15) is 0 Å². The molecule has 0 spiro atoms. The van der Waals surface area contributed by atoms with Crippen LogP contribution in [0.3, 0.4) is 0 Å². The van der Waals surface area contributed by atoms with Crippen molar-refractivity contribution in [2.24, 2.45) is 5.92 Å². The summed E-state index contributed by atoms with van der Waals surface area (Å²) in [4.78, 5) is 16.9. The summed E-state index contributed by atoms with van der Waals surface area (Å²) in [6.07, 6.45) is 2.74. The van der Waals surface area contributed by atoms with Gasteiger partial charge in [-0.1, -0.05) is 26.0 Å². The molecule has 1 aromatic carbocycles. The van der Waals surface area contributed by atoms with E-state index in [1.807, 2.05) is 29.2 Å². The van der Waals surface area contributed by atoms with Gasteiger partial charge in [0.1, 0.15) is 0 Å². The van der Waals surface area contributed by atoms with E-state index in [1.165, 1.54) is 6.54 Å². The van der Waals surface area contributed by atoms with Crippen molar-refractivity contribution < 1.29 is 4.79 Å². The molecule has 138 valence electrons. The minimum absolute atomic E-state index is 0. The molecule has 1 aromatic rings. The Labute approximate surface area is 158 Å². The lowest BCUT2D eigenvalue weighted by Crippen LogP contribution is -2.42. The van der Waals surface area contributed by atoms with Crippen LogP contribution in [0.4, 0.5) is 5.69 Å². The molecule has 0 saturated carbocycles. The second kappa shape index (κ2) is 11.6. The van der Waals surface area contributed by atoms with Crippen LogP contribution in [0.5, 0.6) is 0 Å². The van der Waals surface area contributed by atoms with Crippen molar-refractivity contribution in [3.63, 3.8) is 0 Å². The number of amides is 1. The van der Waals surface area contributed by atoms with Crippen molar-refractivity contribution in [2.45, 2.75) is 33.1 Å². The van der Waals surface area contributed by atoms with E-state index in [1.54, 1.807) is 0 Å². The number of rotatable bonds is 6. The molecule has 24 heavy (non-hydrogen) atoms. The van der Waals surface area contributed by atoms with Gasteiger partial charge in [-0.3, -0.25) is 4.79 Å². The first-order chi connectivity index (χ1) is 10.6. The number of nitrogens with two attached hydrogens (primary N) is 1. The Morgan fingerprint density at radius 3 is 2.17 bits per heavy atom. The van der Waals surface area contributed by atoms with Crippen LogP contribution in [0.2, 0.25) is 0 Å². The number of anilines is 1. The molecule has 0 atom stereocenters. The normalized spacial score (nSPS) is 14.9. The van der Waals surface area contributed by atoms with Crippen LogP contribution in [-0.4, -0.2) is 48.4 Å². The number of benzene rings is 1. The molecular formula is C18H31Cl2N3O.